The lowest BCUT2D eigenvalue weighted by atomic mass is 10.1. The Bertz CT molecular complexity index is 334. The molecule has 5 heteroatoms. The Kier molecular flexibility index (Phi) is 9.50. The van der Waals surface area contributed by atoms with Crippen LogP contribution < -0.4 is 5.32 Å². The first-order chi connectivity index (χ1) is 9.80. The molecular weight excluding hydrogens is 270 g/mol. The van der Waals surface area contributed by atoms with Gasteiger partial charge in [0.15, 0.2) is 0 Å². The molecule has 0 saturated carbocycles. The van der Waals surface area contributed by atoms with Gasteiger partial charge in [0.2, 0.25) is 0 Å². The molecular formula is C16H29NO4. The Morgan fingerprint density at radius 2 is 1.90 bits per heavy atom. The van der Waals surface area contributed by atoms with Crippen LogP contribution in [0.4, 0.5) is 4.79 Å². The van der Waals surface area contributed by atoms with Crippen LogP contribution >= 0.6 is 0 Å². The number of esters is 1. The molecule has 0 radical (unpaired) electrons. The van der Waals surface area contributed by atoms with Gasteiger partial charge in [-0.15, -0.1) is 6.58 Å². The minimum Gasteiger partial charge on any atom is -0.464 e. The van der Waals surface area contributed by atoms with Gasteiger partial charge in [0.25, 0.3) is 0 Å². The van der Waals surface area contributed by atoms with Crippen LogP contribution in [0.25, 0.3) is 0 Å². The molecule has 5 nitrogen and oxygen atoms in total. The highest BCUT2D eigenvalue weighted by atomic mass is 16.6. The molecule has 0 aliphatic heterocycles. The number of alkyl carbamates (subject to hydrolysis) is 1. The normalized spacial score (nSPS) is 12.4. The van der Waals surface area contributed by atoms with Crippen LogP contribution in [0.3, 0.4) is 0 Å². The molecule has 0 aromatic rings. The van der Waals surface area contributed by atoms with Gasteiger partial charge in [-0.25, -0.2) is 9.59 Å². The number of carbonyl (C=O) groups excluding carboxylic acids is 2. The highest BCUT2D eigenvalue weighted by Crippen LogP contribution is 2.10. The van der Waals surface area contributed by atoms with Gasteiger partial charge in [-0.2, -0.15) is 0 Å². The SMILES string of the molecule is C=CCCCCCC(NC(=O)OC(C)(C)C)C(=O)OCC. The molecule has 0 rings (SSSR count). The number of ether oxygens (including phenoxy) is 2. The number of rotatable bonds is 9. The standard InChI is InChI=1S/C16H29NO4/c1-6-8-9-10-11-12-13(14(18)20-7-2)17-15(19)21-16(3,4)5/h6,13H,1,7-12H2,2-5H3,(H,17,19). The largest absolute Gasteiger partial charge is 0.464 e. The van der Waals surface area contributed by atoms with Crippen molar-refractivity contribution < 1.29 is 19.1 Å². The van der Waals surface area contributed by atoms with Gasteiger partial charge in [-0.3, -0.25) is 0 Å². The zero-order chi connectivity index (χ0) is 16.3. The Hall–Kier alpha value is -1.52. The molecule has 1 N–H and O–H groups in total. The monoisotopic (exact) mass is 299 g/mol. The fourth-order valence-electron chi connectivity index (χ4n) is 1.76. The van der Waals surface area contributed by atoms with Crippen LogP contribution in [0.2, 0.25) is 0 Å². The van der Waals surface area contributed by atoms with E-state index < -0.39 is 23.7 Å². The summed E-state index contributed by atoms with van der Waals surface area (Å²) in [5.74, 6) is -0.410. The summed E-state index contributed by atoms with van der Waals surface area (Å²) in [5.41, 5.74) is -0.590. The second-order valence-corrected chi connectivity index (χ2v) is 5.88. The fourth-order valence-corrected chi connectivity index (χ4v) is 1.76. The third-order valence-corrected chi connectivity index (χ3v) is 2.66. The zero-order valence-electron chi connectivity index (χ0n) is 13.7. The Labute approximate surface area is 128 Å². The van der Waals surface area contributed by atoms with Crippen LogP contribution in [0, 0.1) is 0 Å². The van der Waals surface area contributed by atoms with Gasteiger partial charge in [0.05, 0.1) is 6.61 Å². The number of allylic oxidation sites excluding steroid dienone is 1. The van der Waals surface area contributed by atoms with E-state index in [2.05, 4.69) is 11.9 Å². The predicted octanol–water partition coefficient (Wildman–Crippen LogP) is 3.58. The Balaban J connectivity index is 4.35. The van der Waals surface area contributed by atoms with Crippen LogP contribution in [0.1, 0.15) is 59.8 Å². The van der Waals surface area contributed by atoms with E-state index >= 15 is 0 Å². The van der Waals surface area contributed by atoms with Crippen molar-refractivity contribution >= 4 is 12.1 Å². The minimum atomic E-state index is -0.650. The molecule has 0 aliphatic rings. The molecule has 1 amide bonds. The summed E-state index contributed by atoms with van der Waals surface area (Å²) in [6.07, 6.45) is 5.66. The van der Waals surface area contributed by atoms with E-state index in [1.165, 1.54) is 0 Å². The number of amides is 1. The van der Waals surface area contributed by atoms with E-state index in [-0.39, 0.29) is 0 Å². The van der Waals surface area contributed by atoms with Gasteiger partial charge in [0, 0.05) is 0 Å². The van der Waals surface area contributed by atoms with E-state index in [1.54, 1.807) is 27.7 Å². The van der Waals surface area contributed by atoms with Gasteiger partial charge in [0.1, 0.15) is 11.6 Å². The van der Waals surface area contributed by atoms with Crippen LogP contribution in [-0.2, 0) is 14.3 Å². The van der Waals surface area contributed by atoms with Crippen molar-refractivity contribution in [3.63, 3.8) is 0 Å². The predicted molar refractivity (Wildman–Crippen MR) is 83.1 cm³/mol. The van der Waals surface area contributed by atoms with Gasteiger partial charge < -0.3 is 14.8 Å². The lowest BCUT2D eigenvalue weighted by Crippen LogP contribution is -2.44. The minimum absolute atomic E-state index is 0.293. The van der Waals surface area contributed by atoms with E-state index in [0.717, 1.165) is 25.7 Å². The van der Waals surface area contributed by atoms with E-state index in [0.29, 0.717) is 13.0 Å². The van der Waals surface area contributed by atoms with E-state index in [1.807, 2.05) is 6.08 Å². The van der Waals surface area contributed by atoms with Crippen LogP contribution in [0.15, 0.2) is 12.7 Å². The molecule has 1 atom stereocenters. The molecule has 0 fully saturated rings. The third kappa shape index (κ3) is 10.9. The number of nitrogens with one attached hydrogen (secondary N) is 1. The van der Waals surface area contributed by atoms with Gasteiger partial charge >= 0.3 is 12.1 Å². The number of hydrogen-bond acceptors (Lipinski definition) is 4. The van der Waals surface area contributed by atoms with E-state index in [9.17, 15) is 9.59 Å². The lowest BCUT2D eigenvalue weighted by Gasteiger charge is -2.22. The molecule has 122 valence electrons. The van der Waals surface area contributed by atoms with Crippen molar-refractivity contribution in [2.75, 3.05) is 6.61 Å². The smallest absolute Gasteiger partial charge is 0.408 e. The fraction of sp³-hybridized carbons (Fsp3) is 0.750. The second-order valence-electron chi connectivity index (χ2n) is 5.88. The Morgan fingerprint density at radius 3 is 2.43 bits per heavy atom. The first-order valence-corrected chi connectivity index (χ1v) is 7.57. The van der Waals surface area contributed by atoms with Gasteiger partial charge in [-0.05, 0) is 47.0 Å². The quantitative estimate of drug-likeness (QED) is 0.401. The maximum Gasteiger partial charge on any atom is 0.408 e. The maximum absolute atomic E-state index is 11.9. The maximum atomic E-state index is 11.9. The summed E-state index contributed by atoms with van der Waals surface area (Å²) in [6.45, 7) is 11.0. The van der Waals surface area contributed by atoms with Crippen molar-refractivity contribution in [3.8, 4) is 0 Å². The van der Waals surface area contributed by atoms with Crippen molar-refractivity contribution in [3.05, 3.63) is 12.7 Å². The highest BCUT2D eigenvalue weighted by Gasteiger charge is 2.24. The van der Waals surface area contributed by atoms with Crippen molar-refractivity contribution in [1.82, 2.24) is 5.32 Å². The molecule has 0 aliphatic carbocycles. The zero-order valence-corrected chi connectivity index (χ0v) is 13.7. The lowest BCUT2D eigenvalue weighted by molar-refractivity contribution is -0.145. The summed E-state index contributed by atoms with van der Waals surface area (Å²) in [6, 6.07) is -0.650. The molecule has 1 unspecified atom stereocenters. The van der Waals surface area contributed by atoms with Crippen LogP contribution in [-0.4, -0.2) is 30.3 Å². The van der Waals surface area contributed by atoms with Crippen molar-refractivity contribution in [2.45, 2.75) is 71.4 Å². The number of carbonyl (C=O) groups is 2. The molecule has 21 heavy (non-hydrogen) atoms. The molecule has 0 saturated heterocycles. The molecule has 0 bridgehead atoms. The van der Waals surface area contributed by atoms with Crippen LogP contribution in [0.5, 0.6) is 0 Å². The summed E-state index contributed by atoms with van der Waals surface area (Å²) in [7, 11) is 0. The second kappa shape index (κ2) is 10.2. The molecule has 0 spiro atoms. The molecule has 0 aromatic heterocycles. The number of hydrogen-bond donors (Lipinski definition) is 1. The average molecular weight is 299 g/mol. The average Bonchev–Trinajstić information content (AvgIpc) is 2.35. The van der Waals surface area contributed by atoms with Crippen molar-refractivity contribution in [2.24, 2.45) is 0 Å². The highest BCUT2D eigenvalue weighted by molar-refractivity contribution is 5.81. The third-order valence-electron chi connectivity index (χ3n) is 2.66. The van der Waals surface area contributed by atoms with Crippen molar-refractivity contribution in [1.29, 1.82) is 0 Å². The first-order valence-electron chi connectivity index (χ1n) is 7.57. The molecule has 0 aromatic carbocycles. The van der Waals surface area contributed by atoms with E-state index in [4.69, 9.17) is 9.47 Å². The first kappa shape index (κ1) is 19.5. The summed E-state index contributed by atoms with van der Waals surface area (Å²) < 4.78 is 10.2. The summed E-state index contributed by atoms with van der Waals surface area (Å²) in [5, 5.41) is 2.59. The molecule has 0 heterocycles. The number of unbranched alkanes of at least 4 members (excludes halogenated alkanes) is 3. The summed E-state index contributed by atoms with van der Waals surface area (Å²) in [4.78, 5) is 23.6. The summed E-state index contributed by atoms with van der Waals surface area (Å²) >= 11 is 0. The Morgan fingerprint density at radius 1 is 1.24 bits per heavy atom. The van der Waals surface area contributed by atoms with Gasteiger partial charge in [-0.1, -0.05) is 18.9 Å². The topological polar surface area (TPSA) is 64.6 Å².